The van der Waals surface area contributed by atoms with E-state index >= 15 is 0 Å². The van der Waals surface area contributed by atoms with E-state index in [0.717, 1.165) is 0 Å². The lowest BCUT2D eigenvalue weighted by molar-refractivity contribution is -0.137. The summed E-state index contributed by atoms with van der Waals surface area (Å²) in [6.45, 7) is 0. The van der Waals surface area contributed by atoms with Crippen LogP contribution in [-0.2, 0) is 4.79 Å². The summed E-state index contributed by atoms with van der Waals surface area (Å²) >= 11 is 4.99. The number of hydrogen-bond donors (Lipinski definition) is 2. The third kappa shape index (κ3) is 2.42. The molecule has 1 atom stereocenters. The zero-order valence-corrected chi connectivity index (χ0v) is 4.27. The van der Waals surface area contributed by atoms with Crippen molar-refractivity contribution in [3.05, 3.63) is 0 Å². The lowest BCUT2D eigenvalue weighted by Crippen LogP contribution is -2.31. The van der Waals surface area contributed by atoms with Crippen molar-refractivity contribution < 1.29 is 11.3 Å². The van der Waals surface area contributed by atoms with Crippen molar-refractivity contribution >= 4 is 17.6 Å². The zero-order valence-electron chi connectivity index (χ0n) is 4.52. The summed E-state index contributed by atoms with van der Waals surface area (Å²) in [6.07, 6.45) is 0. The second kappa shape index (κ2) is 2.82. The minimum atomic E-state index is -2.03. The fourth-order valence-corrected chi connectivity index (χ4v) is 0.171. The average Bonchev–Trinajstić information content (AvgIpc) is 1.67. The summed E-state index contributed by atoms with van der Waals surface area (Å²) in [6, 6.07) is -2.03. The SMILES string of the molecule is [2H]C(N)(CCl)C(=O)O. The predicted octanol–water partition coefficient (Wildman–Crippen LogP) is -0.363. The molecule has 7 heavy (non-hydrogen) atoms. The molecule has 0 aromatic rings. The van der Waals surface area contributed by atoms with Gasteiger partial charge < -0.3 is 10.8 Å². The molecule has 0 aromatic heterocycles. The highest BCUT2D eigenvalue weighted by molar-refractivity contribution is 6.19. The number of nitrogens with two attached hydrogens (primary N) is 1. The summed E-state index contributed by atoms with van der Waals surface area (Å²) in [5.41, 5.74) is 4.79. The first-order valence-electron chi connectivity index (χ1n) is 2.09. The molecular weight excluding hydrogens is 117 g/mol. The second-order valence-electron chi connectivity index (χ2n) is 0.964. The number of rotatable bonds is 2. The van der Waals surface area contributed by atoms with E-state index < -0.39 is 17.9 Å². The van der Waals surface area contributed by atoms with Crippen molar-refractivity contribution in [2.24, 2.45) is 5.73 Å². The average molecular weight is 125 g/mol. The molecule has 0 radical (unpaired) electrons. The number of carboxylic acids is 1. The van der Waals surface area contributed by atoms with Gasteiger partial charge in [-0.05, 0) is 0 Å². The Morgan fingerprint density at radius 1 is 2.29 bits per heavy atom. The third-order valence-corrected chi connectivity index (χ3v) is 0.707. The molecule has 0 saturated carbocycles. The van der Waals surface area contributed by atoms with Crippen LogP contribution in [0, 0.1) is 0 Å². The van der Waals surface area contributed by atoms with Crippen molar-refractivity contribution in [1.29, 1.82) is 0 Å². The van der Waals surface area contributed by atoms with Crippen LogP contribution in [0.1, 0.15) is 1.37 Å². The molecule has 0 saturated heterocycles. The fraction of sp³-hybridized carbons (Fsp3) is 0.667. The molecule has 1 unspecified atom stereocenters. The standard InChI is InChI=1S/C3H6ClNO2/c4-1-2(5)3(6)7/h2H,1,5H2,(H,6,7)/i2D. The molecule has 3 N–H and O–H groups in total. The van der Waals surface area contributed by atoms with Crippen molar-refractivity contribution in [2.75, 3.05) is 5.88 Å². The summed E-state index contributed by atoms with van der Waals surface area (Å²) in [5.74, 6) is -1.81. The topological polar surface area (TPSA) is 63.3 Å². The van der Waals surface area contributed by atoms with Crippen LogP contribution in [0.2, 0.25) is 0 Å². The Balaban J connectivity index is 3.91. The summed E-state index contributed by atoms with van der Waals surface area (Å²) in [7, 11) is 0. The minimum absolute atomic E-state index is 0.400. The fourth-order valence-electron chi connectivity index (χ4n) is 0.0572. The van der Waals surface area contributed by atoms with Gasteiger partial charge in [0.25, 0.3) is 0 Å². The number of aliphatic carboxylic acids is 1. The largest absolute Gasteiger partial charge is 0.480 e. The number of hydrogen-bond acceptors (Lipinski definition) is 2. The van der Waals surface area contributed by atoms with Crippen LogP contribution in [-0.4, -0.2) is 23.0 Å². The van der Waals surface area contributed by atoms with Gasteiger partial charge in [-0.3, -0.25) is 4.79 Å². The van der Waals surface area contributed by atoms with E-state index in [1.807, 2.05) is 0 Å². The van der Waals surface area contributed by atoms with Crippen molar-refractivity contribution in [3.8, 4) is 0 Å². The Morgan fingerprint density at radius 2 is 2.71 bits per heavy atom. The first-order chi connectivity index (χ1) is 3.50. The van der Waals surface area contributed by atoms with Gasteiger partial charge in [0.15, 0.2) is 0 Å². The van der Waals surface area contributed by atoms with Crippen LogP contribution in [0.5, 0.6) is 0 Å². The van der Waals surface area contributed by atoms with Crippen molar-refractivity contribution in [3.63, 3.8) is 0 Å². The number of alkyl halides is 1. The smallest absolute Gasteiger partial charge is 0.321 e. The van der Waals surface area contributed by atoms with Crippen LogP contribution in [0.15, 0.2) is 0 Å². The van der Waals surface area contributed by atoms with Crippen LogP contribution in [0.3, 0.4) is 0 Å². The molecule has 0 aromatic carbocycles. The Bertz CT molecular complexity index is 105. The molecule has 0 heterocycles. The highest BCUT2D eigenvalue weighted by atomic mass is 35.5. The van der Waals surface area contributed by atoms with Gasteiger partial charge in [-0.1, -0.05) is 0 Å². The molecule has 0 rings (SSSR count). The normalized spacial score (nSPS) is 20.0. The molecule has 0 spiro atoms. The van der Waals surface area contributed by atoms with Gasteiger partial charge in [0.1, 0.15) is 6.02 Å². The number of halogens is 1. The highest BCUT2D eigenvalue weighted by Crippen LogP contribution is 1.80. The minimum Gasteiger partial charge on any atom is -0.480 e. The van der Waals surface area contributed by atoms with Crippen LogP contribution in [0.4, 0.5) is 0 Å². The Labute approximate surface area is 47.5 Å². The first-order valence-corrected chi connectivity index (χ1v) is 2.12. The van der Waals surface area contributed by atoms with Gasteiger partial charge in [-0.15, -0.1) is 11.6 Å². The zero-order chi connectivity index (χ0) is 6.78. The third-order valence-electron chi connectivity index (χ3n) is 0.419. The van der Waals surface area contributed by atoms with E-state index in [4.69, 9.17) is 23.8 Å². The lowest BCUT2D eigenvalue weighted by Gasteiger charge is -1.95. The molecule has 0 fully saturated rings. The Kier molecular flexibility index (Phi) is 1.96. The van der Waals surface area contributed by atoms with E-state index in [1.54, 1.807) is 0 Å². The van der Waals surface area contributed by atoms with Gasteiger partial charge in [-0.25, -0.2) is 0 Å². The molecule has 0 aliphatic heterocycles. The maximum absolute atomic E-state index is 9.86. The first kappa shape index (κ1) is 4.87. The van der Waals surface area contributed by atoms with E-state index in [0.29, 0.717) is 0 Å². The molecule has 0 amide bonds. The second-order valence-corrected chi connectivity index (χ2v) is 1.23. The summed E-state index contributed by atoms with van der Waals surface area (Å²) < 4.78 is 6.68. The quantitative estimate of drug-likeness (QED) is 0.494. The summed E-state index contributed by atoms with van der Waals surface area (Å²) in [4.78, 5) is 9.86. The van der Waals surface area contributed by atoms with E-state index in [-0.39, 0.29) is 0 Å². The van der Waals surface area contributed by atoms with E-state index in [1.165, 1.54) is 0 Å². The lowest BCUT2D eigenvalue weighted by atomic mass is 10.4. The van der Waals surface area contributed by atoms with Crippen molar-refractivity contribution in [2.45, 2.75) is 6.02 Å². The Hall–Kier alpha value is -0.280. The molecule has 4 heteroatoms. The maximum Gasteiger partial charge on any atom is 0.321 e. The van der Waals surface area contributed by atoms with Gasteiger partial charge in [0, 0.05) is 5.88 Å². The maximum atomic E-state index is 9.86. The number of carboxylic acid groups (broad SMARTS) is 1. The van der Waals surface area contributed by atoms with Crippen LogP contribution >= 0.6 is 11.6 Å². The molecule has 0 aliphatic rings. The molecule has 42 valence electrons. The number of carbonyl (C=O) groups is 1. The predicted molar refractivity (Wildman–Crippen MR) is 26.3 cm³/mol. The molecular formula is C3H6ClNO2. The summed E-state index contributed by atoms with van der Waals surface area (Å²) in [5, 5.41) is 8.04. The van der Waals surface area contributed by atoms with Gasteiger partial charge in [0.2, 0.25) is 0 Å². The molecule has 3 nitrogen and oxygen atoms in total. The molecule has 0 aliphatic carbocycles. The van der Waals surface area contributed by atoms with E-state index in [9.17, 15) is 4.79 Å². The van der Waals surface area contributed by atoms with Crippen LogP contribution in [0.25, 0.3) is 0 Å². The Morgan fingerprint density at radius 3 is 2.71 bits per heavy atom. The van der Waals surface area contributed by atoms with Gasteiger partial charge in [0.05, 0.1) is 1.37 Å². The van der Waals surface area contributed by atoms with Gasteiger partial charge in [-0.2, -0.15) is 0 Å². The monoisotopic (exact) mass is 124 g/mol. The van der Waals surface area contributed by atoms with Crippen molar-refractivity contribution in [1.82, 2.24) is 0 Å². The van der Waals surface area contributed by atoms with E-state index in [2.05, 4.69) is 0 Å². The highest BCUT2D eigenvalue weighted by Gasteiger charge is 2.07. The van der Waals surface area contributed by atoms with Crippen LogP contribution < -0.4 is 5.73 Å². The molecule has 0 bridgehead atoms. The van der Waals surface area contributed by atoms with Gasteiger partial charge >= 0.3 is 5.97 Å².